The molecule has 6 unspecified atom stereocenters. The smallest absolute Gasteiger partial charge is 0.459 e. The molecule has 1 aliphatic heterocycles. The number of aliphatic hydroxyl groups excluding tert-OH is 1. The number of nitrogens with one attached hydrogen (secondary N) is 2. The van der Waals surface area contributed by atoms with E-state index in [1.807, 2.05) is 10.9 Å². The van der Waals surface area contributed by atoms with Crippen molar-refractivity contribution in [3.05, 3.63) is 63.4 Å². The monoisotopic (exact) mass is 549 g/mol. The van der Waals surface area contributed by atoms with E-state index in [-0.39, 0.29) is 11.9 Å². The zero-order valence-corrected chi connectivity index (χ0v) is 21.3. The summed E-state index contributed by atoms with van der Waals surface area (Å²) in [5.74, 6) is 1.53. The lowest BCUT2D eigenvalue weighted by atomic mass is 9.95. The lowest BCUT2D eigenvalue weighted by Crippen LogP contribution is -2.48. The number of carbonyl (C=O) groups is 1. The molecule has 13 nitrogen and oxygen atoms in total. The Labute approximate surface area is 217 Å². The molecule has 2 heterocycles. The number of hydrogen-bond donors (Lipinski definition) is 4. The van der Waals surface area contributed by atoms with Gasteiger partial charge in [-0.25, -0.2) is 9.36 Å². The molecular weight excluding hydrogens is 521 g/mol. The van der Waals surface area contributed by atoms with E-state index in [1.54, 1.807) is 18.2 Å². The molecule has 1 saturated carbocycles. The van der Waals surface area contributed by atoms with Crippen LogP contribution in [0.5, 0.6) is 5.75 Å². The fraction of sp³-hybridized carbons (Fsp3) is 0.458. The molecule has 0 spiro atoms. The van der Waals surface area contributed by atoms with Crippen LogP contribution in [0.15, 0.2) is 52.2 Å². The van der Waals surface area contributed by atoms with E-state index in [1.165, 1.54) is 19.1 Å². The van der Waals surface area contributed by atoms with Gasteiger partial charge in [0.15, 0.2) is 11.8 Å². The van der Waals surface area contributed by atoms with Crippen LogP contribution in [0.1, 0.15) is 32.4 Å². The molecule has 0 amide bonds. The number of rotatable bonds is 10. The van der Waals surface area contributed by atoms with Crippen LogP contribution in [0.3, 0.4) is 0 Å². The molecule has 38 heavy (non-hydrogen) atoms. The largest absolute Gasteiger partial charge is 0.461 e. The standard InChI is InChI=1S/C24H28N3O10P/c1-3-24(32)20(29)18(36-22(24)27-13-12-19(28)25-23(27)31)14-34-38(33,37-17-8-5-4-6-9-17)26-15(2)21(30)35-16-10-7-11-16/h1,4-6,8-9,12-13,15-16,18,20,22,29,32H,7,10-11,14H2,2H3,(H,26,33)(H,25,28,31). The van der Waals surface area contributed by atoms with Gasteiger partial charge in [-0.05, 0) is 38.3 Å². The van der Waals surface area contributed by atoms with E-state index in [0.717, 1.165) is 36.1 Å². The maximum absolute atomic E-state index is 13.7. The number of aliphatic hydroxyl groups is 2. The number of aromatic amines is 1. The molecule has 0 bridgehead atoms. The third-order valence-electron chi connectivity index (χ3n) is 6.24. The van der Waals surface area contributed by atoms with Crippen molar-refractivity contribution in [1.29, 1.82) is 0 Å². The molecule has 4 N–H and O–H groups in total. The third kappa shape index (κ3) is 5.91. The number of hydrogen-bond acceptors (Lipinski definition) is 10. The quantitative estimate of drug-likeness (QED) is 0.184. The van der Waals surface area contributed by atoms with Crippen LogP contribution in [0.4, 0.5) is 0 Å². The Balaban J connectivity index is 1.52. The molecule has 1 aromatic carbocycles. The molecule has 14 heteroatoms. The predicted molar refractivity (Wildman–Crippen MR) is 132 cm³/mol. The first-order valence-electron chi connectivity index (χ1n) is 11.9. The minimum Gasteiger partial charge on any atom is -0.461 e. The van der Waals surface area contributed by atoms with Gasteiger partial charge in [-0.2, -0.15) is 5.09 Å². The molecule has 1 saturated heterocycles. The summed E-state index contributed by atoms with van der Waals surface area (Å²) >= 11 is 0. The number of para-hydroxylation sites is 1. The molecule has 204 valence electrons. The van der Waals surface area contributed by atoms with Crippen molar-refractivity contribution < 1.29 is 38.1 Å². The van der Waals surface area contributed by atoms with Gasteiger partial charge in [0.2, 0.25) is 0 Å². The number of ether oxygens (including phenoxy) is 2. The van der Waals surface area contributed by atoms with E-state index in [2.05, 4.69) is 5.09 Å². The van der Waals surface area contributed by atoms with Gasteiger partial charge in [0.25, 0.3) is 5.56 Å². The Bertz CT molecular complexity index is 1350. The van der Waals surface area contributed by atoms with Gasteiger partial charge in [0.1, 0.15) is 30.1 Å². The number of nitrogens with zero attached hydrogens (tertiary/aromatic N) is 1. The number of esters is 1. The maximum Gasteiger partial charge on any atom is 0.459 e. The fourth-order valence-corrected chi connectivity index (χ4v) is 5.38. The Morgan fingerprint density at radius 3 is 2.66 bits per heavy atom. The Hall–Kier alpha value is -3.24. The predicted octanol–water partition coefficient (Wildman–Crippen LogP) is 0.437. The second kappa shape index (κ2) is 11.2. The van der Waals surface area contributed by atoms with Crippen LogP contribution in [-0.4, -0.2) is 62.3 Å². The van der Waals surface area contributed by atoms with Crippen molar-refractivity contribution in [2.24, 2.45) is 0 Å². The Morgan fingerprint density at radius 1 is 1.34 bits per heavy atom. The first kappa shape index (κ1) is 27.8. The lowest BCUT2D eigenvalue weighted by molar-refractivity contribution is -0.154. The average Bonchev–Trinajstić information content (AvgIpc) is 3.11. The summed E-state index contributed by atoms with van der Waals surface area (Å²) in [6.07, 6.45) is 3.96. The molecule has 4 rings (SSSR count). The molecular formula is C24H28N3O10P. The topological polar surface area (TPSA) is 178 Å². The van der Waals surface area contributed by atoms with Crippen molar-refractivity contribution in [3.63, 3.8) is 0 Å². The Kier molecular flexibility index (Phi) is 8.22. The maximum atomic E-state index is 13.7. The zero-order valence-electron chi connectivity index (χ0n) is 20.4. The second-order valence-corrected chi connectivity index (χ2v) is 10.7. The Morgan fingerprint density at radius 2 is 2.05 bits per heavy atom. The molecule has 2 fully saturated rings. The van der Waals surface area contributed by atoms with Crippen molar-refractivity contribution in [3.8, 4) is 18.1 Å². The van der Waals surface area contributed by atoms with Crippen molar-refractivity contribution >= 4 is 13.7 Å². The van der Waals surface area contributed by atoms with E-state index in [9.17, 15) is 29.2 Å². The summed E-state index contributed by atoms with van der Waals surface area (Å²) in [7, 11) is -4.31. The van der Waals surface area contributed by atoms with Crippen LogP contribution in [0, 0.1) is 12.3 Å². The van der Waals surface area contributed by atoms with Crippen molar-refractivity contribution in [1.82, 2.24) is 14.6 Å². The van der Waals surface area contributed by atoms with Gasteiger partial charge in [-0.3, -0.25) is 23.7 Å². The van der Waals surface area contributed by atoms with Crippen LogP contribution in [0.2, 0.25) is 0 Å². The van der Waals surface area contributed by atoms with Crippen LogP contribution in [-0.2, 0) is 23.4 Å². The second-order valence-electron chi connectivity index (χ2n) is 9.00. The number of aromatic nitrogens is 2. The third-order valence-corrected chi connectivity index (χ3v) is 7.88. The number of benzene rings is 1. The summed E-state index contributed by atoms with van der Waals surface area (Å²) in [5.41, 5.74) is -4.04. The first-order chi connectivity index (χ1) is 18.0. The summed E-state index contributed by atoms with van der Waals surface area (Å²) < 4.78 is 36.6. The molecule has 0 radical (unpaired) electrons. The SMILES string of the molecule is C#CC1(O)C(O)C(COP(=O)(NC(C)C(=O)OC2CCC2)Oc2ccccc2)OC1n1ccc(=O)[nH]c1=O. The molecule has 6 atom stereocenters. The van der Waals surface area contributed by atoms with Gasteiger partial charge in [-0.15, -0.1) is 6.42 Å². The number of carbonyl (C=O) groups excluding carboxylic acids is 1. The summed E-state index contributed by atoms with van der Waals surface area (Å²) in [6.45, 7) is 0.795. The minimum atomic E-state index is -4.31. The summed E-state index contributed by atoms with van der Waals surface area (Å²) in [4.78, 5) is 38.2. The van der Waals surface area contributed by atoms with Crippen LogP contribution >= 0.6 is 7.75 Å². The van der Waals surface area contributed by atoms with Gasteiger partial charge < -0.3 is 24.2 Å². The van der Waals surface area contributed by atoms with Gasteiger partial charge in [0.05, 0.1) is 6.61 Å². The highest BCUT2D eigenvalue weighted by molar-refractivity contribution is 7.52. The lowest BCUT2D eigenvalue weighted by Gasteiger charge is -2.28. The minimum absolute atomic E-state index is 0.161. The summed E-state index contributed by atoms with van der Waals surface area (Å²) in [6, 6.07) is 7.95. The average molecular weight is 549 g/mol. The zero-order chi connectivity index (χ0) is 27.5. The summed E-state index contributed by atoms with van der Waals surface area (Å²) in [5, 5.41) is 24.2. The van der Waals surface area contributed by atoms with Gasteiger partial charge in [0, 0.05) is 12.3 Å². The molecule has 1 aliphatic carbocycles. The highest BCUT2D eigenvalue weighted by Crippen LogP contribution is 2.47. The number of H-pyrrole nitrogens is 1. The molecule has 2 aromatic rings. The van der Waals surface area contributed by atoms with E-state index < -0.39 is 61.7 Å². The number of terminal acetylenes is 1. The van der Waals surface area contributed by atoms with Gasteiger partial charge in [-0.1, -0.05) is 24.1 Å². The van der Waals surface area contributed by atoms with E-state index in [0.29, 0.717) is 0 Å². The molecule has 1 aromatic heterocycles. The van der Waals surface area contributed by atoms with Crippen molar-refractivity contribution in [2.45, 2.75) is 62.4 Å². The van der Waals surface area contributed by atoms with Crippen molar-refractivity contribution in [2.75, 3.05) is 6.61 Å². The highest BCUT2D eigenvalue weighted by atomic mass is 31.2. The normalized spacial score (nSPS) is 27.5. The van der Waals surface area contributed by atoms with Crippen LogP contribution in [0.25, 0.3) is 0 Å². The fourth-order valence-electron chi connectivity index (χ4n) is 3.88. The van der Waals surface area contributed by atoms with E-state index in [4.69, 9.17) is 24.9 Å². The first-order valence-corrected chi connectivity index (χ1v) is 13.4. The van der Waals surface area contributed by atoms with Crippen LogP contribution < -0.4 is 20.9 Å². The molecule has 2 aliphatic rings. The van der Waals surface area contributed by atoms with E-state index >= 15 is 0 Å². The highest BCUT2D eigenvalue weighted by Gasteiger charge is 2.56. The van der Waals surface area contributed by atoms with Gasteiger partial charge >= 0.3 is 19.4 Å².